The Hall–Kier alpha value is -1.02. The number of ether oxygens (including phenoxy) is 1. The van der Waals surface area contributed by atoms with Gasteiger partial charge in [0.25, 0.3) is 0 Å². The molecule has 0 amide bonds. The highest BCUT2D eigenvalue weighted by Gasteiger charge is 2.28. The van der Waals surface area contributed by atoms with Crippen molar-refractivity contribution in [1.29, 1.82) is 0 Å². The fourth-order valence-corrected chi connectivity index (χ4v) is 2.05. The molecule has 0 saturated heterocycles. The van der Waals surface area contributed by atoms with Gasteiger partial charge in [0.2, 0.25) is 0 Å². The van der Waals surface area contributed by atoms with Crippen molar-refractivity contribution in [2.24, 2.45) is 0 Å². The van der Waals surface area contributed by atoms with Crippen LogP contribution in [-0.4, -0.2) is 12.6 Å². The van der Waals surface area contributed by atoms with Gasteiger partial charge < -0.3 is 10.1 Å². The van der Waals surface area contributed by atoms with E-state index < -0.39 is 0 Å². The van der Waals surface area contributed by atoms with Crippen LogP contribution in [0, 0.1) is 0 Å². The molecular formula is C12H15NO. The summed E-state index contributed by atoms with van der Waals surface area (Å²) in [6, 6.07) is 9.66. The van der Waals surface area contributed by atoms with E-state index >= 15 is 0 Å². The largest absolute Gasteiger partial charge is 0.493 e. The Morgan fingerprint density at radius 1 is 1.14 bits per heavy atom. The van der Waals surface area contributed by atoms with E-state index in [-0.39, 0.29) is 0 Å². The molecule has 1 atom stereocenters. The van der Waals surface area contributed by atoms with E-state index in [1.54, 1.807) is 0 Å². The molecular weight excluding hydrogens is 174 g/mol. The number of nitrogens with one attached hydrogen (secondary N) is 1. The molecule has 0 radical (unpaired) electrons. The minimum Gasteiger partial charge on any atom is -0.493 e. The number of hydrogen-bond donors (Lipinski definition) is 1. The number of fused-ring (bicyclic) bond motifs is 1. The Morgan fingerprint density at radius 2 is 2.00 bits per heavy atom. The molecule has 14 heavy (non-hydrogen) atoms. The summed E-state index contributed by atoms with van der Waals surface area (Å²) in [5, 5.41) is 3.67. The third kappa shape index (κ3) is 1.50. The standard InChI is InChI=1S/C12H15NO/c1-2-4-12-10(3-1)11(7-8-14-12)13-9-5-6-9/h1-4,9,11,13H,5-8H2. The minimum absolute atomic E-state index is 0.521. The van der Waals surface area contributed by atoms with Gasteiger partial charge in [0, 0.05) is 24.1 Å². The molecule has 1 aromatic carbocycles. The summed E-state index contributed by atoms with van der Waals surface area (Å²) in [6.45, 7) is 0.849. The summed E-state index contributed by atoms with van der Waals surface area (Å²) in [4.78, 5) is 0. The second kappa shape index (κ2) is 3.28. The maximum atomic E-state index is 5.62. The molecule has 1 heterocycles. The van der Waals surface area contributed by atoms with Crippen LogP contribution >= 0.6 is 0 Å². The zero-order chi connectivity index (χ0) is 9.38. The molecule has 1 aliphatic carbocycles. The van der Waals surface area contributed by atoms with Gasteiger partial charge in [0.15, 0.2) is 0 Å². The number of rotatable bonds is 2. The molecule has 3 rings (SSSR count). The second-order valence-electron chi connectivity index (χ2n) is 4.17. The summed E-state index contributed by atoms with van der Waals surface area (Å²) in [5.41, 5.74) is 1.34. The van der Waals surface area contributed by atoms with E-state index in [1.165, 1.54) is 18.4 Å². The first-order valence-electron chi connectivity index (χ1n) is 5.41. The van der Waals surface area contributed by atoms with E-state index in [2.05, 4.69) is 23.5 Å². The molecule has 1 saturated carbocycles. The second-order valence-corrected chi connectivity index (χ2v) is 4.17. The first kappa shape index (κ1) is 8.30. The minimum atomic E-state index is 0.521. The van der Waals surface area contributed by atoms with Crippen molar-refractivity contribution in [3.8, 4) is 5.75 Å². The Morgan fingerprint density at radius 3 is 2.86 bits per heavy atom. The van der Waals surface area contributed by atoms with Gasteiger partial charge in [-0.25, -0.2) is 0 Å². The highest BCUT2D eigenvalue weighted by molar-refractivity contribution is 5.37. The Kier molecular flexibility index (Phi) is 1.95. The maximum absolute atomic E-state index is 5.62. The molecule has 0 bridgehead atoms. The third-order valence-corrected chi connectivity index (χ3v) is 2.97. The number of para-hydroxylation sites is 1. The van der Waals surface area contributed by atoms with E-state index in [9.17, 15) is 0 Å². The quantitative estimate of drug-likeness (QED) is 0.770. The molecule has 1 aliphatic heterocycles. The van der Waals surface area contributed by atoms with Gasteiger partial charge in [-0.2, -0.15) is 0 Å². The molecule has 2 nitrogen and oxygen atoms in total. The van der Waals surface area contributed by atoms with Crippen LogP contribution in [-0.2, 0) is 0 Å². The van der Waals surface area contributed by atoms with E-state index in [1.807, 2.05) is 6.07 Å². The lowest BCUT2D eigenvalue weighted by Gasteiger charge is -2.26. The lowest BCUT2D eigenvalue weighted by molar-refractivity contribution is 0.252. The molecule has 1 aromatic rings. The normalized spacial score (nSPS) is 25.3. The van der Waals surface area contributed by atoms with Crippen LogP contribution in [0.5, 0.6) is 5.75 Å². The summed E-state index contributed by atoms with van der Waals surface area (Å²) >= 11 is 0. The lowest BCUT2D eigenvalue weighted by Crippen LogP contribution is -2.28. The van der Waals surface area contributed by atoms with Crippen molar-refractivity contribution in [2.75, 3.05) is 6.61 Å². The van der Waals surface area contributed by atoms with Gasteiger partial charge >= 0.3 is 0 Å². The van der Waals surface area contributed by atoms with Gasteiger partial charge in [-0.3, -0.25) is 0 Å². The van der Waals surface area contributed by atoms with Crippen LogP contribution in [0.25, 0.3) is 0 Å². The predicted molar refractivity (Wildman–Crippen MR) is 55.5 cm³/mol. The summed E-state index contributed by atoms with van der Waals surface area (Å²) in [6.07, 6.45) is 3.80. The van der Waals surface area contributed by atoms with Gasteiger partial charge in [0.1, 0.15) is 5.75 Å². The fraction of sp³-hybridized carbons (Fsp3) is 0.500. The van der Waals surface area contributed by atoms with Gasteiger partial charge in [-0.05, 0) is 18.9 Å². The van der Waals surface area contributed by atoms with Crippen LogP contribution in [0.2, 0.25) is 0 Å². The SMILES string of the molecule is c1ccc2c(c1)OCCC2NC1CC1. The Labute approximate surface area is 84.3 Å². The van der Waals surface area contributed by atoms with Crippen LogP contribution in [0.15, 0.2) is 24.3 Å². The molecule has 1 unspecified atom stereocenters. The van der Waals surface area contributed by atoms with Gasteiger partial charge in [-0.1, -0.05) is 18.2 Å². The summed E-state index contributed by atoms with van der Waals surface area (Å²) in [5.74, 6) is 1.07. The Balaban J connectivity index is 1.85. The molecule has 0 aromatic heterocycles. The van der Waals surface area contributed by atoms with Crippen LogP contribution in [0.3, 0.4) is 0 Å². The molecule has 1 fully saturated rings. The topological polar surface area (TPSA) is 21.3 Å². The average Bonchev–Trinajstić information content (AvgIpc) is 3.03. The predicted octanol–water partition coefficient (Wildman–Crippen LogP) is 2.26. The molecule has 1 N–H and O–H groups in total. The van der Waals surface area contributed by atoms with Crippen molar-refractivity contribution in [3.63, 3.8) is 0 Å². The van der Waals surface area contributed by atoms with Crippen molar-refractivity contribution < 1.29 is 4.74 Å². The van der Waals surface area contributed by atoms with E-state index in [0.717, 1.165) is 24.8 Å². The van der Waals surface area contributed by atoms with Crippen LogP contribution < -0.4 is 10.1 Å². The smallest absolute Gasteiger partial charge is 0.124 e. The fourth-order valence-electron chi connectivity index (χ4n) is 2.05. The molecule has 74 valence electrons. The van der Waals surface area contributed by atoms with Crippen LogP contribution in [0.4, 0.5) is 0 Å². The molecule has 2 heteroatoms. The lowest BCUT2D eigenvalue weighted by atomic mass is 10.0. The monoisotopic (exact) mass is 189 g/mol. The van der Waals surface area contributed by atoms with E-state index in [0.29, 0.717) is 6.04 Å². The van der Waals surface area contributed by atoms with Crippen molar-refractivity contribution in [1.82, 2.24) is 5.32 Å². The first-order chi connectivity index (χ1) is 6.93. The zero-order valence-electron chi connectivity index (χ0n) is 8.20. The summed E-state index contributed by atoms with van der Waals surface area (Å²) < 4.78 is 5.62. The van der Waals surface area contributed by atoms with Crippen molar-refractivity contribution in [3.05, 3.63) is 29.8 Å². The van der Waals surface area contributed by atoms with Gasteiger partial charge in [-0.15, -0.1) is 0 Å². The number of benzene rings is 1. The van der Waals surface area contributed by atoms with E-state index in [4.69, 9.17) is 4.74 Å². The molecule has 2 aliphatic rings. The Bertz CT molecular complexity index is 333. The summed E-state index contributed by atoms with van der Waals surface area (Å²) in [7, 11) is 0. The van der Waals surface area contributed by atoms with Crippen LogP contribution in [0.1, 0.15) is 30.9 Å². The zero-order valence-corrected chi connectivity index (χ0v) is 8.20. The highest BCUT2D eigenvalue weighted by Crippen LogP contribution is 2.34. The van der Waals surface area contributed by atoms with Crippen molar-refractivity contribution in [2.45, 2.75) is 31.3 Å². The number of hydrogen-bond acceptors (Lipinski definition) is 2. The van der Waals surface area contributed by atoms with Crippen molar-refractivity contribution >= 4 is 0 Å². The highest BCUT2D eigenvalue weighted by atomic mass is 16.5. The third-order valence-electron chi connectivity index (χ3n) is 2.97. The average molecular weight is 189 g/mol. The van der Waals surface area contributed by atoms with Gasteiger partial charge in [0.05, 0.1) is 6.61 Å². The first-order valence-corrected chi connectivity index (χ1v) is 5.41. The maximum Gasteiger partial charge on any atom is 0.124 e. The molecule has 0 spiro atoms.